The number of aliphatic hydroxyl groups excluding tert-OH is 1. The molecule has 0 radical (unpaired) electrons. The van der Waals surface area contributed by atoms with E-state index in [9.17, 15) is 5.11 Å². The molecule has 2 aliphatic heterocycles. The first-order valence-corrected chi connectivity index (χ1v) is 11.5. The Morgan fingerprint density at radius 3 is 2.69 bits per heavy atom. The summed E-state index contributed by atoms with van der Waals surface area (Å²) in [5, 5.41) is 18.9. The lowest BCUT2D eigenvalue weighted by Gasteiger charge is -2.49. The first-order valence-electron chi connectivity index (χ1n) is 11.5. The molecule has 2 saturated heterocycles. The third kappa shape index (κ3) is 4.66. The van der Waals surface area contributed by atoms with Crippen LogP contribution in [0, 0.1) is 10.8 Å². The van der Waals surface area contributed by atoms with Gasteiger partial charge in [0.15, 0.2) is 5.82 Å². The highest BCUT2D eigenvalue weighted by Gasteiger charge is 2.42. The molecular weight excluding hydrogens is 360 g/mol. The lowest BCUT2D eigenvalue weighted by molar-refractivity contribution is 0.0263. The number of rotatable bonds is 4. The van der Waals surface area contributed by atoms with E-state index in [1.54, 1.807) is 17.3 Å². The maximum absolute atomic E-state index is 10.6. The van der Waals surface area contributed by atoms with Crippen molar-refractivity contribution in [3.8, 4) is 0 Å². The van der Waals surface area contributed by atoms with Gasteiger partial charge in [-0.05, 0) is 87.9 Å². The lowest BCUT2D eigenvalue weighted by atomic mass is 9.70. The van der Waals surface area contributed by atoms with Crippen LogP contribution in [0.4, 0.5) is 5.82 Å². The highest BCUT2D eigenvalue weighted by Crippen LogP contribution is 2.43. The van der Waals surface area contributed by atoms with Crippen molar-refractivity contribution in [2.75, 3.05) is 37.6 Å². The zero-order valence-electron chi connectivity index (χ0n) is 18.5. The van der Waals surface area contributed by atoms with Crippen molar-refractivity contribution in [1.82, 2.24) is 15.1 Å². The molecule has 4 rings (SSSR count). The van der Waals surface area contributed by atoms with Crippen LogP contribution in [-0.4, -0.2) is 59.0 Å². The molecule has 0 saturated carbocycles. The summed E-state index contributed by atoms with van der Waals surface area (Å²) in [7, 11) is 0. The summed E-state index contributed by atoms with van der Waals surface area (Å²) in [6.45, 7) is 12.4. The van der Waals surface area contributed by atoms with Gasteiger partial charge in [0.2, 0.25) is 0 Å². The quantitative estimate of drug-likeness (QED) is 0.776. The van der Waals surface area contributed by atoms with Gasteiger partial charge in [0.25, 0.3) is 0 Å². The normalized spacial score (nSPS) is 27.4. The molecule has 0 bridgehead atoms. The third-order valence-electron chi connectivity index (χ3n) is 7.79. The fourth-order valence-corrected chi connectivity index (χ4v) is 6.10. The van der Waals surface area contributed by atoms with Crippen molar-refractivity contribution in [3.63, 3.8) is 0 Å². The van der Waals surface area contributed by atoms with Crippen molar-refractivity contribution in [2.45, 2.75) is 71.8 Å². The Morgan fingerprint density at radius 2 is 2.00 bits per heavy atom. The molecule has 5 heteroatoms. The van der Waals surface area contributed by atoms with Gasteiger partial charge in [-0.2, -0.15) is 5.10 Å². The van der Waals surface area contributed by atoms with Crippen LogP contribution in [0.1, 0.15) is 65.7 Å². The summed E-state index contributed by atoms with van der Waals surface area (Å²) in [6.07, 6.45) is 9.89. The Morgan fingerprint density at radius 1 is 1.21 bits per heavy atom. The van der Waals surface area contributed by atoms with E-state index in [0.29, 0.717) is 12.0 Å². The van der Waals surface area contributed by atoms with Gasteiger partial charge in [0.05, 0.1) is 6.10 Å². The fourth-order valence-electron chi connectivity index (χ4n) is 6.10. The van der Waals surface area contributed by atoms with Crippen molar-refractivity contribution in [2.24, 2.45) is 10.8 Å². The highest BCUT2D eigenvalue weighted by molar-refractivity contribution is 5.38. The number of nitrogens with zero attached hydrogens (tertiary/aromatic N) is 4. The molecular formula is C24H38N4O. The summed E-state index contributed by atoms with van der Waals surface area (Å²) in [4.78, 5) is 4.90. The number of β-amino-alcohol motifs (C(OH)–C–C–N with tert-alkyl or cyclic N) is 1. The molecule has 1 atom stereocenters. The van der Waals surface area contributed by atoms with Crippen LogP contribution in [0.5, 0.6) is 0 Å². The molecule has 0 amide bonds. The van der Waals surface area contributed by atoms with Gasteiger partial charge in [-0.25, -0.2) is 0 Å². The minimum absolute atomic E-state index is 0.213. The second-order valence-electron chi connectivity index (χ2n) is 10.4. The molecule has 1 spiro atoms. The third-order valence-corrected chi connectivity index (χ3v) is 7.79. The van der Waals surface area contributed by atoms with Crippen LogP contribution in [0.2, 0.25) is 0 Å². The summed E-state index contributed by atoms with van der Waals surface area (Å²) in [5.74, 6) is 0.898. The highest BCUT2D eigenvalue weighted by atomic mass is 16.3. The number of likely N-dealkylation sites (tertiary alicyclic amines) is 1. The van der Waals surface area contributed by atoms with E-state index >= 15 is 0 Å². The van der Waals surface area contributed by atoms with Crippen LogP contribution >= 0.6 is 0 Å². The van der Waals surface area contributed by atoms with Crippen LogP contribution in [0.15, 0.2) is 29.5 Å². The number of aromatic nitrogens is 2. The first-order chi connectivity index (χ1) is 13.9. The van der Waals surface area contributed by atoms with Crippen molar-refractivity contribution < 1.29 is 5.11 Å². The second-order valence-corrected chi connectivity index (χ2v) is 10.4. The van der Waals surface area contributed by atoms with Crippen molar-refractivity contribution in [1.29, 1.82) is 0 Å². The maximum atomic E-state index is 10.6. The van der Waals surface area contributed by atoms with Crippen LogP contribution in [0.25, 0.3) is 0 Å². The molecule has 3 aliphatic rings. The number of anilines is 1. The zero-order valence-corrected chi connectivity index (χ0v) is 18.5. The molecule has 29 heavy (non-hydrogen) atoms. The predicted octanol–water partition coefficient (Wildman–Crippen LogP) is 4.05. The summed E-state index contributed by atoms with van der Waals surface area (Å²) >= 11 is 0. The molecule has 1 N–H and O–H groups in total. The minimum Gasteiger partial charge on any atom is -0.391 e. The molecule has 0 aromatic carbocycles. The first kappa shape index (κ1) is 20.8. The number of hydrogen-bond acceptors (Lipinski definition) is 5. The number of aliphatic hydroxyl groups is 1. The molecule has 3 heterocycles. The Hall–Kier alpha value is -1.46. The van der Waals surface area contributed by atoms with Gasteiger partial charge < -0.3 is 14.9 Å². The average Bonchev–Trinajstić information content (AvgIpc) is 2.69. The van der Waals surface area contributed by atoms with Crippen LogP contribution in [-0.2, 0) is 0 Å². The van der Waals surface area contributed by atoms with Gasteiger partial charge in [0.1, 0.15) is 0 Å². The molecule has 1 aliphatic carbocycles. The molecule has 160 valence electrons. The van der Waals surface area contributed by atoms with E-state index in [2.05, 4.69) is 40.8 Å². The van der Waals surface area contributed by atoms with E-state index < -0.39 is 0 Å². The monoisotopic (exact) mass is 398 g/mol. The van der Waals surface area contributed by atoms with Crippen molar-refractivity contribution in [3.05, 3.63) is 29.5 Å². The molecule has 1 aromatic rings. The number of hydrogen-bond donors (Lipinski definition) is 1. The predicted molar refractivity (Wildman–Crippen MR) is 118 cm³/mol. The van der Waals surface area contributed by atoms with Crippen molar-refractivity contribution >= 4 is 5.82 Å². The summed E-state index contributed by atoms with van der Waals surface area (Å²) in [6, 6.07) is 3.94. The van der Waals surface area contributed by atoms with Gasteiger partial charge in [-0.3, -0.25) is 0 Å². The van der Waals surface area contributed by atoms with Gasteiger partial charge in [-0.15, -0.1) is 5.10 Å². The zero-order chi connectivity index (χ0) is 20.5. The van der Waals surface area contributed by atoms with E-state index in [4.69, 9.17) is 0 Å². The van der Waals surface area contributed by atoms with Crippen LogP contribution in [0.3, 0.4) is 0 Å². The molecule has 1 aromatic heterocycles. The van der Waals surface area contributed by atoms with Gasteiger partial charge in [-0.1, -0.05) is 25.0 Å². The largest absolute Gasteiger partial charge is 0.391 e. The molecule has 2 fully saturated rings. The topological polar surface area (TPSA) is 52.5 Å². The SMILES string of the molecule is CC1=C(CCN2CCC3(CC2)CC(O)CN(c2cccnn2)C3)C(C)(C)CCC1. The molecule has 5 nitrogen and oxygen atoms in total. The number of allylic oxidation sites excluding steroid dienone is 1. The standard InChI is InChI=1S/C24H38N4O/c1-19-6-4-9-23(2,3)21(19)8-13-27-14-10-24(11-15-27)16-20(29)17-28(18-24)22-7-5-12-25-26-22/h5,7,12,20,29H,4,6,8-11,13-18H2,1-3H3. The van der Waals surface area contributed by atoms with E-state index in [1.165, 1.54) is 45.1 Å². The van der Waals surface area contributed by atoms with E-state index in [0.717, 1.165) is 31.9 Å². The van der Waals surface area contributed by atoms with E-state index in [-0.39, 0.29) is 11.5 Å². The smallest absolute Gasteiger partial charge is 0.151 e. The van der Waals surface area contributed by atoms with Crippen LogP contribution < -0.4 is 4.90 Å². The number of piperidine rings is 2. The second kappa shape index (κ2) is 8.35. The van der Waals surface area contributed by atoms with Gasteiger partial charge >= 0.3 is 0 Å². The van der Waals surface area contributed by atoms with Gasteiger partial charge in [0, 0.05) is 25.8 Å². The Balaban J connectivity index is 1.35. The minimum atomic E-state index is -0.270. The summed E-state index contributed by atoms with van der Waals surface area (Å²) in [5.41, 5.74) is 3.95. The summed E-state index contributed by atoms with van der Waals surface area (Å²) < 4.78 is 0. The van der Waals surface area contributed by atoms with E-state index in [1.807, 2.05) is 12.1 Å². The lowest BCUT2D eigenvalue weighted by Crippen LogP contribution is -2.54. The Kier molecular flexibility index (Phi) is 5.99. The maximum Gasteiger partial charge on any atom is 0.151 e. The average molecular weight is 399 g/mol. The Bertz CT molecular complexity index is 722. The Labute approximate surface area is 176 Å². The molecule has 1 unspecified atom stereocenters. The fraction of sp³-hybridized carbons (Fsp3) is 0.750.